The predicted octanol–water partition coefficient (Wildman–Crippen LogP) is 2.69. The molecule has 1 aliphatic rings. The number of nitrogens with one attached hydrogen (secondary N) is 2. The Bertz CT molecular complexity index is 1120. The highest BCUT2D eigenvalue weighted by molar-refractivity contribution is 5.95. The lowest BCUT2D eigenvalue weighted by molar-refractivity contribution is -0.121. The highest BCUT2D eigenvalue weighted by atomic mass is 16.2. The molecule has 30 heavy (non-hydrogen) atoms. The molecule has 0 aliphatic carbocycles. The van der Waals surface area contributed by atoms with Gasteiger partial charge in [0.15, 0.2) is 0 Å². The van der Waals surface area contributed by atoms with Crippen LogP contribution in [0.2, 0.25) is 0 Å². The standard InChI is InChI=1S/C23H24N4O3/c28-21(8-3-7-20-25-19-6-2-1-5-18(19)23(30)26-20)24-15-16-10-12-17(13-11-16)27-14-4-9-22(27)29/h1-2,5-6,10-13H,3-4,7-9,14-15H2,(H,24,28)(H,25,26,30). The third kappa shape index (κ3) is 4.56. The lowest BCUT2D eigenvalue weighted by Gasteiger charge is -2.16. The Morgan fingerprint density at radius 2 is 1.90 bits per heavy atom. The summed E-state index contributed by atoms with van der Waals surface area (Å²) in [6.45, 7) is 1.21. The number of para-hydroxylation sites is 1. The number of carbonyl (C=O) groups excluding carboxylic acids is 2. The molecule has 1 aliphatic heterocycles. The molecule has 2 N–H and O–H groups in total. The molecule has 0 saturated carbocycles. The molecule has 2 heterocycles. The first-order valence-electron chi connectivity index (χ1n) is 10.2. The summed E-state index contributed by atoms with van der Waals surface area (Å²) in [7, 11) is 0. The molecule has 2 amide bonds. The molecule has 154 valence electrons. The van der Waals surface area contributed by atoms with E-state index in [-0.39, 0.29) is 17.4 Å². The van der Waals surface area contributed by atoms with Gasteiger partial charge in [0, 0.05) is 38.0 Å². The van der Waals surface area contributed by atoms with Crippen LogP contribution in [0.5, 0.6) is 0 Å². The second-order valence-corrected chi connectivity index (χ2v) is 7.48. The number of anilines is 1. The van der Waals surface area contributed by atoms with E-state index >= 15 is 0 Å². The number of nitrogens with zero attached hydrogens (tertiary/aromatic N) is 2. The first-order chi connectivity index (χ1) is 14.6. The Morgan fingerprint density at radius 1 is 1.10 bits per heavy atom. The molecule has 0 atom stereocenters. The van der Waals surface area contributed by atoms with Crippen molar-refractivity contribution in [2.75, 3.05) is 11.4 Å². The normalized spacial score (nSPS) is 13.7. The van der Waals surface area contributed by atoms with Crippen LogP contribution in [0.4, 0.5) is 5.69 Å². The summed E-state index contributed by atoms with van der Waals surface area (Å²) in [5, 5.41) is 3.48. The minimum Gasteiger partial charge on any atom is -0.352 e. The number of amides is 2. The summed E-state index contributed by atoms with van der Waals surface area (Å²) in [6, 6.07) is 14.9. The van der Waals surface area contributed by atoms with Crippen molar-refractivity contribution in [1.82, 2.24) is 15.3 Å². The molecule has 1 saturated heterocycles. The second kappa shape index (κ2) is 8.90. The van der Waals surface area contributed by atoms with Crippen molar-refractivity contribution >= 4 is 28.4 Å². The number of aromatic amines is 1. The van der Waals surface area contributed by atoms with Crippen molar-refractivity contribution in [3.8, 4) is 0 Å². The van der Waals surface area contributed by atoms with Crippen LogP contribution in [0.1, 0.15) is 37.1 Å². The van der Waals surface area contributed by atoms with Crippen molar-refractivity contribution in [3.05, 3.63) is 70.3 Å². The number of benzene rings is 2. The van der Waals surface area contributed by atoms with Gasteiger partial charge in [0.1, 0.15) is 5.82 Å². The minimum absolute atomic E-state index is 0.0445. The summed E-state index contributed by atoms with van der Waals surface area (Å²) >= 11 is 0. The van der Waals surface area contributed by atoms with Gasteiger partial charge in [-0.1, -0.05) is 24.3 Å². The van der Waals surface area contributed by atoms with E-state index in [1.54, 1.807) is 11.0 Å². The van der Waals surface area contributed by atoms with Crippen LogP contribution >= 0.6 is 0 Å². The molecule has 2 aromatic carbocycles. The van der Waals surface area contributed by atoms with Gasteiger partial charge in [-0.25, -0.2) is 4.98 Å². The molecule has 7 heteroatoms. The number of fused-ring (bicyclic) bond motifs is 1. The number of carbonyl (C=O) groups is 2. The first-order valence-corrected chi connectivity index (χ1v) is 10.2. The maximum Gasteiger partial charge on any atom is 0.258 e. The highest BCUT2D eigenvalue weighted by Crippen LogP contribution is 2.21. The van der Waals surface area contributed by atoms with Gasteiger partial charge >= 0.3 is 0 Å². The van der Waals surface area contributed by atoms with E-state index in [4.69, 9.17) is 0 Å². The zero-order valence-corrected chi connectivity index (χ0v) is 16.7. The van der Waals surface area contributed by atoms with E-state index in [1.807, 2.05) is 42.5 Å². The van der Waals surface area contributed by atoms with Crippen LogP contribution in [0.3, 0.4) is 0 Å². The quantitative estimate of drug-likeness (QED) is 0.633. The number of aromatic nitrogens is 2. The van der Waals surface area contributed by atoms with Gasteiger partial charge < -0.3 is 15.2 Å². The Morgan fingerprint density at radius 3 is 2.67 bits per heavy atom. The Kier molecular flexibility index (Phi) is 5.88. The number of hydrogen-bond acceptors (Lipinski definition) is 4. The van der Waals surface area contributed by atoms with E-state index in [0.29, 0.717) is 49.0 Å². The average molecular weight is 404 g/mol. The van der Waals surface area contributed by atoms with Crippen LogP contribution in [0, 0.1) is 0 Å². The zero-order valence-electron chi connectivity index (χ0n) is 16.7. The van der Waals surface area contributed by atoms with Gasteiger partial charge in [0.2, 0.25) is 11.8 Å². The molecule has 1 aromatic heterocycles. The third-order valence-corrected chi connectivity index (χ3v) is 5.29. The lowest BCUT2D eigenvalue weighted by Crippen LogP contribution is -2.24. The summed E-state index contributed by atoms with van der Waals surface area (Å²) in [6.07, 6.45) is 3.01. The van der Waals surface area contributed by atoms with Crippen LogP contribution in [0.25, 0.3) is 10.9 Å². The number of rotatable bonds is 7. The first kappa shape index (κ1) is 19.8. The lowest BCUT2D eigenvalue weighted by atomic mass is 10.1. The zero-order chi connectivity index (χ0) is 20.9. The molecule has 0 spiro atoms. The molecule has 1 fully saturated rings. The van der Waals surface area contributed by atoms with Crippen LogP contribution in [0.15, 0.2) is 53.3 Å². The molecule has 7 nitrogen and oxygen atoms in total. The minimum atomic E-state index is -0.154. The van der Waals surface area contributed by atoms with Crippen molar-refractivity contribution in [3.63, 3.8) is 0 Å². The van der Waals surface area contributed by atoms with Crippen LogP contribution in [-0.4, -0.2) is 28.3 Å². The van der Waals surface area contributed by atoms with E-state index < -0.39 is 0 Å². The molecular weight excluding hydrogens is 380 g/mol. The highest BCUT2D eigenvalue weighted by Gasteiger charge is 2.21. The number of H-pyrrole nitrogens is 1. The largest absolute Gasteiger partial charge is 0.352 e. The maximum atomic E-state index is 12.1. The fourth-order valence-corrected chi connectivity index (χ4v) is 3.67. The predicted molar refractivity (Wildman–Crippen MR) is 115 cm³/mol. The molecule has 0 radical (unpaired) electrons. The Labute approximate surface area is 174 Å². The Hall–Kier alpha value is -3.48. The van der Waals surface area contributed by atoms with Gasteiger partial charge in [-0.2, -0.15) is 0 Å². The summed E-state index contributed by atoms with van der Waals surface area (Å²) in [5.74, 6) is 0.716. The number of aryl methyl sites for hydroxylation is 1. The summed E-state index contributed by atoms with van der Waals surface area (Å²) in [4.78, 5) is 45.1. The molecule has 4 rings (SSSR count). The fourth-order valence-electron chi connectivity index (χ4n) is 3.67. The van der Waals surface area contributed by atoms with Crippen molar-refractivity contribution < 1.29 is 9.59 Å². The van der Waals surface area contributed by atoms with Crippen LogP contribution < -0.4 is 15.8 Å². The average Bonchev–Trinajstić information content (AvgIpc) is 3.18. The summed E-state index contributed by atoms with van der Waals surface area (Å²) in [5.41, 5.74) is 2.41. The van der Waals surface area contributed by atoms with Gasteiger partial charge in [-0.3, -0.25) is 14.4 Å². The van der Waals surface area contributed by atoms with Crippen molar-refractivity contribution in [2.24, 2.45) is 0 Å². The number of hydrogen-bond donors (Lipinski definition) is 2. The SMILES string of the molecule is O=C(CCCc1nc2ccccc2c(=O)[nH]1)NCc1ccc(N2CCCC2=O)cc1. The Balaban J connectivity index is 1.24. The maximum absolute atomic E-state index is 12.1. The van der Waals surface area contributed by atoms with Crippen LogP contribution in [-0.2, 0) is 22.6 Å². The second-order valence-electron chi connectivity index (χ2n) is 7.48. The molecule has 0 bridgehead atoms. The molecule has 3 aromatic rings. The summed E-state index contributed by atoms with van der Waals surface area (Å²) < 4.78 is 0. The van der Waals surface area contributed by atoms with E-state index in [2.05, 4.69) is 15.3 Å². The van der Waals surface area contributed by atoms with Gasteiger partial charge in [0.25, 0.3) is 5.56 Å². The monoisotopic (exact) mass is 404 g/mol. The van der Waals surface area contributed by atoms with Gasteiger partial charge in [-0.15, -0.1) is 0 Å². The van der Waals surface area contributed by atoms with Gasteiger partial charge in [-0.05, 0) is 42.7 Å². The van der Waals surface area contributed by atoms with E-state index in [1.165, 1.54) is 0 Å². The molecular formula is C23H24N4O3. The molecule has 0 unspecified atom stereocenters. The third-order valence-electron chi connectivity index (χ3n) is 5.29. The van der Waals surface area contributed by atoms with Gasteiger partial charge in [0.05, 0.1) is 10.9 Å². The van der Waals surface area contributed by atoms with E-state index in [9.17, 15) is 14.4 Å². The topological polar surface area (TPSA) is 95.2 Å². The smallest absolute Gasteiger partial charge is 0.258 e. The fraction of sp³-hybridized carbons (Fsp3) is 0.304. The van der Waals surface area contributed by atoms with Crippen molar-refractivity contribution in [1.29, 1.82) is 0 Å². The van der Waals surface area contributed by atoms with E-state index in [0.717, 1.165) is 24.2 Å². The van der Waals surface area contributed by atoms with Crippen molar-refractivity contribution in [2.45, 2.75) is 38.6 Å².